The maximum atomic E-state index is 8.55. The third-order valence-electron chi connectivity index (χ3n) is 0. The van der Waals surface area contributed by atoms with E-state index < -0.39 is 7.82 Å². The molecule has 0 aliphatic rings. The zero-order valence-electron chi connectivity index (χ0n) is 4.36. The molecule has 3 radical (unpaired) electrons. The van der Waals surface area contributed by atoms with Gasteiger partial charge in [0.15, 0.2) is 0 Å². The van der Waals surface area contributed by atoms with E-state index in [0.29, 0.717) is 0 Å². The molecule has 35 valence electrons. The van der Waals surface area contributed by atoms with Crippen LogP contribution in [0.1, 0.15) is 0 Å². The van der Waals surface area contributed by atoms with Gasteiger partial charge in [0.1, 0.15) is 0 Å². The maximum absolute atomic E-state index is 8.55. The van der Waals surface area contributed by atoms with E-state index in [1.807, 2.05) is 0 Å². The van der Waals surface area contributed by atoms with E-state index in [1.165, 1.54) is 0 Å². The molecule has 8 heavy (non-hydrogen) atoms. The van der Waals surface area contributed by atoms with Gasteiger partial charge < -0.3 is 19.2 Å². The summed E-state index contributed by atoms with van der Waals surface area (Å²) in [7, 11) is -5.39. The Kier molecular flexibility index (Phi) is 26.5. The summed E-state index contributed by atoms with van der Waals surface area (Å²) in [5.74, 6) is 0. The van der Waals surface area contributed by atoms with Crippen molar-refractivity contribution >= 4 is 54.0 Å². The van der Waals surface area contributed by atoms with Crippen LogP contribution in [0.4, 0.5) is 0 Å². The predicted octanol–water partition coefficient (Wildman–Crippen LogP) is -6.58. The third kappa shape index (κ3) is 78.7. The van der Waals surface area contributed by atoms with Gasteiger partial charge in [-0.1, -0.05) is 0 Å². The Bertz CT molecular complexity index is 62.2. The first kappa shape index (κ1) is 22.4. The van der Waals surface area contributed by atoms with E-state index in [9.17, 15) is 0 Å². The SMILES string of the molecule is O=P([O-])([O-])[O-].[B].[Ca+2].[Na+]. The number of rotatable bonds is 0. The second kappa shape index (κ2) is 9.43. The summed E-state index contributed by atoms with van der Waals surface area (Å²) in [6.45, 7) is 0. The van der Waals surface area contributed by atoms with Gasteiger partial charge in [0.25, 0.3) is 0 Å². The molecule has 0 N–H and O–H groups in total. The molecular formula is BCaNaO4P. The summed E-state index contributed by atoms with van der Waals surface area (Å²) in [6, 6.07) is 0. The van der Waals surface area contributed by atoms with E-state index in [1.54, 1.807) is 0 Å². The largest absolute Gasteiger partial charge is 2.00 e. The minimum atomic E-state index is -5.39. The first-order valence-electron chi connectivity index (χ1n) is 0.730. The fourth-order valence-corrected chi connectivity index (χ4v) is 0. The van der Waals surface area contributed by atoms with Crippen molar-refractivity contribution in [2.75, 3.05) is 0 Å². The maximum Gasteiger partial charge on any atom is 2.00 e. The van der Waals surface area contributed by atoms with Gasteiger partial charge in [0.05, 0.1) is 0 Å². The molecule has 0 heterocycles. The van der Waals surface area contributed by atoms with Crippen LogP contribution in [0, 0.1) is 0 Å². The van der Waals surface area contributed by atoms with E-state index >= 15 is 0 Å². The molecule has 0 aliphatic carbocycles. The van der Waals surface area contributed by atoms with E-state index in [4.69, 9.17) is 19.2 Å². The van der Waals surface area contributed by atoms with Gasteiger partial charge in [0, 0.05) is 8.41 Å². The molecule has 0 saturated heterocycles. The average Bonchev–Trinajstić information content (AvgIpc) is 0.722. The van der Waals surface area contributed by atoms with Crippen molar-refractivity contribution in [2.45, 2.75) is 0 Å². The topological polar surface area (TPSA) is 86.2 Å². The fraction of sp³-hybridized carbons (Fsp3) is 0. The van der Waals surface area contributed by atoms with Crippen molar-refractivity contribution in [3.8, 4) is 0 Å². The number of phosphoric acid groups is 1. The van der Waals surface area contributed by atoms with Gasteiger partial charge in [0.2, 0.25) is 0 Å². The molecule has 0 rings (SSSR count). The summed E-state index contributed by atoms with van der Waals surface area (Å²) >= 11 is 0. The summed E-state index contributed by atoms with van der Waals surface area (Å²) < 4.78 is 8.55. The summed E-state index contributed by atoms with van der Waals surface area (Å²) in [4.78, 5) is 25.6. The zero-order valence-corrected chi connectivity index (χ0v) is 9.47. The Labute approximate surface area is 101 Å². The molecule has 0 spiro atoms. The van der Waals surface area contributed by atoms with Crippen molar-refractivity contribution < 1.29 is 48.8 Å². The van der Waals surface area contributed by atoms with E-state index in [-0.39, 0.29) is 75.7 Å². The van der Waals surface area contributed by atoms with Crippen LogP contribution >= 0.6 is 7.82 Å². The first-order valence-corrected chi connectivity index (χ1v) is 2.19. The summed E-state index contributed by atoms with van der Waals surface area (Å²) in [6.07, 6.45) is 0. The molecule has 0 aromatic rings. The molecule has 8 heteroatoms. The van der Waals surface area contributed by atoms with Crippen molar-refractivity contribution in [3.63, 3.8) is 0 Å². The van der Waals surface area contributed by atoms with Crippen molar-refractivity contribution in [1.29, 1.82) is 0 Å². The molecule has 0 saturated carbocycles. The molecule has 0 amide bonds. The summed E-state index contributed by atoms with van der Waals surface area (Å²) in [5.41, 5.74) is 0. The molecule has 0 aromatic carbocycles. The molecule has 0 unspecified atom stereocenters. The van der Waals surface area contributed by atoms with Crippen LogP contribution in [0.25, 0.3) is 0 Å². The van der Waals surface area contributed by atoms with Crippen LogP contribution in [0.5, 0.6) is 0 Å². The Morgan fingerprint density at radius 3 is 1.12 bits per heavy atom. The third-order valence-corrected chi connectivity index (χ3v) is 0. The molecule has 0 aliphatic heterocycles. The van der Waals surface area contributed by atoms with Crippen LogP contribution in [-0.4, -0.2) is 46.2 Å². The molecule has 0 fully saturated rings. The second-order valence-corrected chi connectivity index (χ2v) is 1.34. The van der Waals surface area contributed by atoms with Gasteiger partial charge >= 0.3 is 67.3 Å². The van der Waals surface area contributed by atoms with Crippen LogP contribution in [-0.2, 0) is 4.57 Å². The Hall–Kier alpha value is 2.43. The standard InChI is InChI=1S/B.Ca.Na.H3O4P/c;;;1-5(2,3)4/h;;;(H3,1,2,3,4)/q;+2;+1;/p-3. The van der Waals surface area contributed by atoms with Gasteiger partial charge in [-0.05, 0) is 0 Å². The molecule has 0 bridgehead atoms. The average molecular weight is 169 g/mol. The molecule has 0 atom stereocenters. The Morgan fingerprint density at radius 2 is 1.12 bits per heavy atom. The minimum Gasteiger partial charge on any atom is -0.822 e. The van der Waals surface area contributed by atoms with Crippen molar-refractivity contribution in [2.24, 2.45) is 0 Å². The fourth-order valence-electron chi connectivity index (χ4n) is 0. The molecular weight excluding hydrogens is 169 g/mol. The van der Waals surface area contributed by atoms with Gasteiger partial charge in [-0.25, -0.2) is 0 Å². The van der Waals surface area contributed by atoms with Crippen LogP contribution in [0.3, 0.4) is 0 Å². The minimum absolute atomic E-state index is 0. The molecule has 4 nitrogen and oxygen atoms in total. The van der Waals surface area contributed by atoms with Gasteiger partial charge in [-0.15, -0.1) is 0 Å². The molecule has 0 aromatic heterocycles. The van der Waals surface area contributed by atoms with Crippen LogP contribution in [0.2, 0.25) is 0 Å². The summed E-state index contributed by atoms with van der Waals surface area (Å²) in [5, 5.41) is 0. The van der Waals surface area contributed by atoms with Gasteiger partial charge in [-0.2, -0.15) is 7.82 Å². The van der Waals surface area contributed by atoms with Crippen molar-refractivity contribution in [3.05, 3.63) is 0 Å². The second-order valence-electron chi connectivity index (χ2n) is 0.447. The first-order chi connectivity index (χ1) is 2.00. The van der Waals surface area contributed by atoms with Gasteiger partial charge in [-0.3, -0.25) is 0 Å². The monoisotopic (exact) mass is 169 g/mol. The Morgan fingerprint density at radius 1 is 1.12 bits per heavy atom. The van der Waals surface area contributed by atoms with Crippen LogP contribution < -0.4 is 44.2 Å². The van der Waals surface area contributed by atoms with E-state index in [0.717, 1.165) is 0 Å². The smallest absolute Gasteiger partial charge is 0.822 e. The van der Waals surface area contributed by atoms with E-state index in [2.05, 4.69) is 0 Å². The number of hydrogen-bond acceptors (Lipinski definition) is 4. The normalized spacial score (nSPS) is 7.38. The predicted molar refractivity (Wildman–Crippen MR) is 19.1 cm³/mol. The van der Waals surface area contributed by atoms with Crippen LogP contribution in [0.15, 0.2) is 0 Å². The zero-order chi connectivity index (χ0) is 4.50. The quantitative estimate of drug-likeness (QED) is 0.266. The van der Waals surface area contributed by atoms with Crippen molar-refractivity contribution in [1.82, 2.24) is 0 Å². The Balaban J connectivity index is -0.0000000267. The number of hydrogen-bond donors (Lipinski definition) is 0.